The van der Waals surface area contributed by atoms with Crippen molar-refractivity contribution in [3.63, 3.8) is 0 Å². The number of methoxy groups -OCH3 is 1. The fourth-order valence-corrected chi connectivity index (χ4v) is 0.545. The van der Waals surface area contributed by atoms with Gasteiger partial charge in [-0.2, -0.15) is 0 Å². The van der Waals surface area contributed by atoms with Crippen LogP contribution in [0, 0.1) is 0 Å². The SMILES string of the molecule is COCCOCC(C)N(C)C. The topological polar surface area (TPSA) is 21.7 Å². The van der Waals surface area contributed by atoms with Gasteiger partial charge in [0, 0.05) is 13.2 Å². The predicted octanol–water partition coefficient (Wildman–Crippen LogP) is 0.599. The van der Waals surface area contributed by atoms with Crippen LogP contribution < -0.4 is 0 Å². The molecule has 3 nitrogen and oxygen atoms in total. The Labute approximate surface area is 69.3 Å². The van der Waals surface area contributed by atoms with Gasteiger partial charge in [-0.1, -0.05) is 0 Å². The largest absolute Gasteiger partial charge is 0.382 e. The lowest BCUT2D eigenvalue weighted by molar-refractivity contribution is 0.0453. The van der Waals surface area contributed by atoms with Gasteiger partial charge in [-0.15, -0.1) is 0 Å². The molecule has 0 radical (unpaired) electrons. The van der Waals surface area contributed by atoms with Crippen LogP contribution in [0.2, 0.25) is 0 Å². The Kier molecular flexibility index (Phi) is 6.51. The predicted molar refractivity (Wildman–Crippen MR) is 45.8 cm³/mol. The van der Waals surface area contributed by atoms with E-state index in [-0.39, 0.29) is 0 Å². The standard InChI is InChI=1S/C8H19NO2/c1-8(9(2)3)7-11-6-5-10-4/h8H,5-7H2,1-4H3. The van der Waals surface area contributed by atoms with E-state index >= 15 is 0 Å². The maximum Gasteiger partial charge on any atom is 0.0701 e. The molecule has 0 rings (SSSR count). The summed E-state index contributed by atoms with van der Waals surface area (Å²) >= 11 is 0. The second kappa shape index (κ2) is 6.58. The Morgan fingerprint density at radius 1 is 1.27 bits per heavy atom. The molecule has 0 bridgehead atoms. The van der Waals surface area contributed by atoms with Crippen molar-refractivity contribution in [2.75, 3.05) is 41.0 Å². The summed E-state index contributed by atoms with van der Waals surface area (Å²) < 4.78 is 10.2. The highest BCUT2D eigenvalue weighted by atomic mass is 16.5. The van der Waals surface area contributed by atoms with Gasteiger partial charge >= 0.3 is 0 Å². The quantitative estimate of drug-likeness (QED) is 0.532. The lowest BCUT2D eigenvalue weighted by Crippen LogP contribution is -2.29. The lowest BCUT2D eigenvalue weighted by atomic mass is 10.3. The minimum atomic E-state index is 0.479. The van der Waals surface area contributed by atoms with Crippen molar-refractivity contribution in [2.24, 2.45) is 0 Å². The molecule has 0 fully saturated rings. The summed E-state index contributed by atoms with van der Waals surface area (Å²) in [6, 6.07) is 0.479. The zero-order chi connectivity index (χ0) is 8.69. The van der Waals surface area contributed by atoms with Crippen molar-refractivity contribution >= 4 is 0 Å². The molecule has 0 aromatic heterocycles. The number of nitrogens with zero attached hydrogens (tertiary/aromatic N) is 1. The first-order valence-electron chi connectivity index (χ1n) is 3.91. The van der Waals surface area contributed by atoms with Gasteiger partial charge in [0.05, 0.1) is 19.8 Å². The molecule has 1 atom stereocenters. The van der Waals surface area contributed by atoms with Crippen molar-refractivity contribution in [2.45, 2.75) is 13.0 Å². The van der Waals surface area contributed by atoms with E-state index in [1.807, 2.05) is 14.1 Å². The summed E-state index contributed by atoms with van der Waals surface area (Å²) in [6.45, 7) is 4.28. The molecule has 11 heavy (non-hydrogen) atoms. The molecular weight excluding hydrogens is 142 g/mol. The molecule has 0 aromatic rings. The van der Waals surface area contributed by atoms with Gasteiger partial charge in [0.15, 0.2) is 0 Å². The Hall–Kier alpha value is -0.120. The molecule has 0 heterocycles. The van der Waals surface area contributed by atoms with Crippen LogP contribution in [-0.4, -0.2) is 52.0 Å². The van der Waals surface area contributed by atoms with E-state index < -0.39 is 0 Å². The van der Waals surface area contributed by atoms with Crippen molar-refractivity contribution in [1.82, 2.24) is 4.90 Å². The fraction of sp³-hybridized carbons (Fsp3) is 1.00. The normalized spacial score (nSPS) is 13.9. The number of ether oxygens (including phenoxy) is 2. The Morgan fingerprint density at radius 3 is 2.36 bits per heavy atom. The summed E-state index contributed by atoms with van der Waals surface area (Å²) in [4.78, 5) is 2.13. The van der Waals surface area contributed by atoms with Gasteiger partial charge in [0.2, 0.25) is 0 Å². The summed E-state index contributed by atoms with van der Waals surface area (Å²) in [5, 5.41) is 0. The van der Waals surface area contributed by atoms with Crippen LogP contribution in [0.25, 0.3) is 0 Å². The molecule has 68 valence electrons. The van der Waals surface area contributed by atoms with Crippen LogP contribution in [0.3, 0.4) is 0 Å². The van der Waals surface area contributed by atoms with Crippen LogP contribution >= 0.6 is 0 Å². The number of rotatable bonds is 6. The molecule has 0 aliphatic rings. The van der Waals surface area contributed by atoms with Crippen LogP contribution in [0.4, 0.5) is 0 Å². The van der Waals surface area contributed by atoms with E-state index in [1.165, 1.54) is 0 Å². The first-order valence-corrected chi connectivity index (χ1v) is 3.91. The molecule has 0 aliphatic heterocycles. The summed E-state index contributed by atoms with van der Waals surface area (Å²) in [5.41, 5.74) is 0. The van der Waals surface area contributed by atoms with Crippen molar-refractivity contribution < 1.29 is 9.47 Å². The van der Waals surface area contributed by atoms with Gasteiger partial charge in [0.1, 0.15) is 0 Å². The fourth-order valence-electron chi connectivity index (χ4n) is 0.545. The molecule has 0 saturated heterocycles. The zero-order valence-electron chi connectivity index (χ0n) is 7.96. The summed E-state index contributed by atoms with van der Waals surface area (Å²) in [6.07, 6.45) is 0. The van der Waals surface area contributed by atoms with Gasteiger partial charge in [-0.25, -0.2) is 0 Å². The number of hydrogen-bond donors (Lipinski definition) is 0. The van der Waals surface area contributed by atoms with Crippen molar-refractivity contribution in [3.8, 4) is 0 Å². The van der Waals surface area contributed by atoms with Crippen molar-refractivity contribution in [1.29, 1.82) is 0 Å². The Bertz CT molecular complexity index is 86.2. The smallest absolute Gasteiger partial charge is 0.0701 e. The molecule has 0 aliphatic carbocycles. The minimum absolute atomic E-state index is 0.479. The van der Waals surface area contributed by atoms with E-state index in [2.05, 4.69) is 11.8 Å². The second-order valence-electron chi connectivity index (χ2n) is 2.88. The van der Waals surface area contributed by atoms with E-state index in [4.69, 9.17) is 9.47 Å². The highest BCUT2D eigenvalue weighted by Crippen LogP contribution is 1.91. The molecule has 0 N–H and O–H groups in total. The maximum absolute atomic E-state index is 5.33. The summed E-state index contributed by atoms with van der Waals surface area (Å²) in [5.74, 6) is 0. The third-order valence-electron chi connectivity index (χ3n) is 1.67. The third kappa shape index (κ3) is 6.28. The average Bonchev–Trinajstić information content (AvgIpc) is 1.97. The van der Waals surface area contributed by atoms with Gasteiger partial charge in [0.25, 0.3) is 0 Å². The Balaban J connectivity index is 3.10. The second-order valence-corrected chi connectivity index (χ2v) is 2.88. The molecular formula is C8H19NO2. The molecule has 0 aromatic carbocycles. The van der Waals surface area contributed by atoms with E-state index in [1.54, 1.807) is 7.11 Å². The van der Waals surface area contributed by atoms with Crippen LogP contribution in [0.5, 0.6) is 0 Å². The number of hydrogen-bond acceptors (Lipinski definition) is 3. The van der Waals surface area contributed by atoms with Crippen molar-refractivity contribution in [3.05, 3.63) is 0 Å². The maximum atomic E-state index is 5.33. The molecule has 0 spiro atoms. The molecule has 1 unspecified atom stereocenters. The van der Waals surface area contributed by atoms with Gasteiger partial charge in [-0.05, 0) is 21.0 Å². The third-order valence-corrected chi connectivity index (χ3v) is 1.67. The lowest BCUT2D eigenvalue weighted by Gasteiger charge is -2.19. The average molecular weight is 161 g/mol. The van der Waals surface area contributed by atoms with E-state index in [0.29, 0.717) is 19.3 Å². The molecule has 0 saturated carbocycles. The van der Waals surface area contributed by atoms with Crippen LogP contribution in [0.15, 0.2) is 0 Å². The molecule has 0 amide bonds. The summed E-state index contributed by atoms with van der Waals surface area (Å²) in [7, 11) is 5.77. The zero-order valence-corrected chi connectivity index (χ0v) is 7.96. The van der Waals surface area contributed by atoms with Gasteiger partial charge < -0.3 is 14.4 Å². The molecule has 3 heteroatoms. The highest BCUT2D eigenvalue weighted by Gasteiger charge is 2.02. The van der Waals surface area contributed by atoms with E-state index in [0.717, 1.165) is 6.61 Å². The number of likely N-dealkylation sites (N-methyl/N-ethyl adjacent to an activating group) is 1. The minimum Gasteiger partial charge on any atom is -0.382 e. The Morgan fingerprint density at radius 2 is 1.91 bits per heavy atom. The van der Waals surface area contributed by atoms with Gasteiger partial charge in [-0.3, -0.25) is 0 Å². The van der Waals surface area contributed by atoms with E-state index in [9.17, 15) is 0 Å². The van der Waals surface area contributed by atoms with Crippen LogP contribution in [-0.2, 0) is 9.47 Å². The first kappa shape index (κ1) is 10.9. The van der Waals surface area contributed by atoms with Crippen LogP contribution in [0.1, 0.15) is 6.92 Å². The first-order chi connectivity index (χ1) is 5.18. The highest BCUT2D eigenvalue weighted by molar-refractivity contribution is 4.56. The monoisotopic (exact) mass is 161 g/mol.